The molecular weight excluding hydrogens is 318 g/mol. The molecule has 0 saturated heterocycles. The highest BCUT2D eigenvalue weighted by Gasteiger charge is 2.21. The number of hydrogen-bond donors (Lipinski definition) is 2. The van der Waals surface area contributed by atoms with Crippen LogP contribution in [0.1, 0.15) is 25.0 Å². The molecule has 3 rings (SSSR count). The van der Waals surface area contributed by atoms with E-state index in [1.54, 1.807) is 19.4 Å². The minimum atomic E-state index is 0.296. The SMILES string of the molecule is CCc1nc2n(n1)CC(NC(=NC)NCCOc1cccnc1)CC2. The van der Waals surface area contributed by atoms with Crippen molar-refractivity contribution in [2.45, 2.75) is 38.8 Å². The molecule has 0 bridgehead atoms. The van der Waals surface area contributed by atoms with Crippen LogP contribution in [0.15, 0.2) is 29.5 Å². The van der Waals surface area contributed by atoms with Gasteiger partial charge < -0.3 is 15.4 Å². The molecule has 0 radical (unpaired) electrons. The Hall–Kier alpha value is -2.64. The summed E-state index contributed by atoms with van der Waals surface area (Å²) in [7, 11) is 1.77. The first-order valence-corrected chi connectivity index (χ1v) is 8.71. The van der Waals surface area contributed by atoms with Gasteiger partial charge in [0.15, 0.2) is 11.8 Å². The third-order valence-electron chi connectivity index (χ3n) is 4.08. The van der Waals surface area contributed by atoms with E-state index in [0.29, 0.717) is 19.2 Å². The van der Waals surface area contributed by atoms with Crippen LogP contribution in [0.25, 0.3) is 0 Å². The minimum absolute atomic E-state index is 0.296. The molecule has 0 fully saturated rings. The van der Waals surface area contributed by atoms with Crippen molar-refractivity contribution >= 4 is 5.96 Å². The van der Waals surface area contributed by atoms with Crippen LogP contribution >= 0.6 is 0 Å². The molecule has 3 heterocycles. The molecular formula is C17H25N7O. The Morgan fingerprint density at radius 3 is 3.16 bits per heavy atom. The summed E-state index contributed by atoms with van der Waals surface area (Å²) >= 11 is 0. The molecule has 0 aromatic carbocycles. The standard InChI is InChI=1S/C17H25N7O/c1-3-15-22-16-7-6-13(12-24(16)23-15)21-17(18-2)20-9-10-25-14-5-4-8-19-11-14/h4-5,8,11,13H,3,6-7,9-10,12H2,1-2H3,(H2,18,20,21). The Labute approximate surface area is 147 Å². The maximum absolute atomic E-state index is 5.62. The quantitative estimate of drug-likeness (QED) is 0.458. The predicted octanol–water partition coefficient (Wildman–Crippen LogP) is 0.794. The van der Waals surface area contributed by atoms with Crippen LogP contribution in [-0.2, 0) is 19.4 Å². The lowest BCUT2D eigenvalue weighted by Crippen LogP contribution is -2.47. The van der Waals surface area contributed by atoms with E-state index in [1.165, 1.54) is 0 Å². The van der Waals surface area contributed by atoms with Gasteiger partial charge in [-0.05, 0) is 18.6 Å². The topological polar surface area (TPSA) is 89.2 Å². The van der Waals surface area contributed by atoms with Crippen LogP contribution in [0.5, 0.6) is 5.75 Å². The lowest BCUT2D eigenvalue weighted by Gasteiger charge is -2.25. The number of aryl methyl sites for hydroxylation is 2. The van der Waals surface area contributed by atoms with Gasteiger partial charge in [-0.15, -0.1) is 0 Å². The van der Waals surface area contributed by atoms with Crippen molar-refractivity contribution < 1.29 is 4.74 Å². The van der Waals surface area contributed by atoms with Gasteiger partial charge in [-0.3, -0.25) is 9.98 Å². The summed E-state index contributed by atoms with van der Waals surface area (Å²) in [6.07, 6.45) is 6.26. The van der Waals surface area contributed by atoms with E-state index in [1.807, 2.05) is 16.8 Å². The molecule has 1 atom stereocenters. The zero-order chi connectivity index (χ0) is 17.5. The first kappa shape index (κ1) is 17.2. The monoisotopic (exact) mass is 343 g/mol. The third-order valence-corrected chi connectivity index (χ3v) is 4.08. The average Bonchev–Trinajstić information content (AvgIpc) is 3.07. The normalized spacial score (nSPS) is 17.0. The highest BCUT2D eigenvalue weighted by atomic mass is 16.5. The Morgan fingerprint density at radius 1 is 1.48 bits per heavy atom. The van der Waals surface area contributed by atoms with Crippen molar-refractivity contribution in [2.24, 2.45) is 4.99 Å². The van der Waals surface area contributed by atoms with Gasteiger partial charge in [0.05, 0.1) is 19.3 Å². The number of fused-ring (bicyclic) bond motifs is 1. The molecule has 8 nitrogen and oxygen atoms in total. The van der Waals surface area contributed by atoms with Crippen LogP contribution in [-0.4, -0.2) is 51.9 Å². The van der Waals surface area contributed by atoms with Crippen molar-refractivity contribution in [3.63, 3.8) is 0 Å². The predicted molar refractivity (Wildman–Crippen MR) is 95.7 cm³/mol. The molecule has 0 amide bonds. The molecule has 8 heteroatoms. The zero-order valence-corrected chi connectivity index (χ0v) is 14.8. The van der Waals surface area contributed by atoms with Gasteiger partial charge in [-0.25, -0.2) is 9.67 Å². The number of ether oxygens (including phenoxy) is 1. The lowest BCUT2D eigenvalue weighted by atomic mass is 10.1. The average molecular weight is 343 g/mol. The van der Waals surface area contributed by atoms with Crippen LogP contribution in [0.2, 0.25) is 0 Å². The minimum Gasteiger partial charge on any atom is -0.490 e. The smallest absolute Gasteiger partial charge is 0.191 e. The fourth-order valence-corrected chi connectivity index (χ4v) is 2.79. The number of rotatable bonds is 6. The van der Waals surface area contributed by atoms with E-state index in [9.17, 15) is 0 Å². The molecule has 2 N–H and O–H groups in total. The molecule has 0 aliphatic carbocycles. The largest absolute Gasteiger partial charge is 0.490 e. The van der Waals surface area contributed by atoms with E-state index in [2.05, 4.69) is 37.6 Å². The number of pyridine rings is 1. The van der Waals surface area contributed by atoms with E-state index in [-0.39, 0.29) is 0 Å². The van der Waals surface area contributed by atoms with Crippen molar-refractivity contribution in [1.82, 2.24) is 30.4 Å². The van der Waals surface area contributed by atoms with Crippen LogP contribution in [0.4, 0.5) is 0 Å². The molecule has 1 aliphatic rings. The van der Waals surface area contributed by atoms with Crippen LogP contribution in [0, 0.1) is 0 Å². The summed E-state index contributed by atoms with van der Waals surface area (Å²) in [6.45, 7) is 4.10. The fraction of sp³-hybridized carbons (Fsp3) is 0.529. The van der Waals surface area contributed by atoms with E-state index in [4.69, 9.17) is 4.74 Å². The van der Waals surface area contributed by atoms with E-state index >= 15 is 0 Å². The Balaban J connectivity index is 1.43. The van der Waals surface area contributed by atoms with Gasteiger partial charge in [0, 0.05) is 32.1 Å². The van der Waals surface area contributed by atoms with Gasteiger partial charge in [-0.2, -0.15) is 5.10 Å². The number of nitrogens with zero attached hydrogens (tertiary/aromatic N) is 5. The lowest BCUT2D eigenvalue weighted by molar-refractivity contribution is 0.319. The molecule has 134 valence electrons. The van der Waals surface area contributed by atoms with Crippen molar-refractivity contribution in [1.29, 1.82) is 0 Å². The molecule has 2 aromatic heterocycles. The van der Waals surface area contributed by atoms with Crippen LogP contribution in [0.3, 0.4) is 0 Å². The summed E-state index contributed by atoms with van der Waals surface area (Å²) in [5.41, 5.74) is 0. The maximum Gasteiger partial charge on any atom is 0.191 e. The first-order valence-electron chi connectivity index (χ1n) is 8.71. The van der Waals surface area contributed by atoms with Gasteiger partial charge in [-0.1, -0.05) is 6.92 Å². The summed E-state index contributed by atoms with van der Waals surface area (Å²) in [6, 6.07) is 4.04. The Morgan fingerprint density at radius 2 is 2.40 bits per heavy atom. The van der Waals surface area contributed by atoms with E-state index in [0.717, 1.165) is 49.2 Å². The number of guanidine groups is 1. The number of aliphatic imine (C=N–C) groups is 1. The molecule has 2 aromatic rings. The van der Waals surface area contributed by atoms with Gasteiger partial charge >= 0.3 is 0 Å². The molecule has 1 unspecified atom stereocenters. The van der Waals surface area contributed by atoms with Gasteiger partial charge in [0.25, 0.3) is 0 Å². The van der Waals surface area contributed by atoms with Gasteiger partial charge in [0.1, 0.15) is 18.2 Å². The third kappa shape index (κ3) is 4.68. The highest BCUT2D eigenvalue weighted by molar-refractivity contribution is 5.79. The zero-order valence-electron chi connectivity index (χ0n) is 14.8. The van der Waals surface area contributed by atoms with Crippen molar-refractivity contribution in [3.05, 3.63) is 36.2 Å². The Bertz CT molecular complexity index is 698. The summed E-state index contributed by atoms with van der Waals surface area (Å²) in [4.78, 5) is 12.9. The molecule has 25 heavy (non-hydrogen) atoms. The first-order chi connectivity index (χ1) is 12.3. The molecule has 0 saturated carbocycles. The highest BCUT2D eigenvalue weighted by Crippen LogP contribution is 2.13. The van der Waals surface area contributed by atoms with Crippen LogP contribution < -0.4 is 15.4 Å². The van der Waals surface area contributed by atoms with E-state index < -0.39 is 0 Å². The number of hydrogen-bond acceptors (Lipinski definition) is 5. The number of aromatic nitrogens is 4. The summed E-state index contributed by atoms with van der Waals surface area (Å²) < 4.78 is 7.64. The molecule has 1 aliphatic heterocycles. The summed E-state index contributed by atoms with van der Waals surface area (Å²) in [5.74, 6) is 3.55. The van der Waals surface area contributed by atoms with Crippen molar-refractivity contribution in [2.75, 3.05) is 20.2 Å². The maximum atomic E-state index is 5.62. The second-order valence-corrected chi connectivity index (χ2v) is 5.90. The molecule has 0 spiro atoms. The van der Waals surface area contributed by atoms with Gasteiger partial charge in [0.2, 0.25) is 0 Å². The summed E-state index contributed by atoms with van der Waals surface area (Å²) in [5, 5.41) is 11.3. The second kappa shape index (κ2) is 8.46. The Kier molecular flexibility index (Phi) is 5.81. The van der Waals surface area contributed by atoms with Crippen molar-refractivity contribution in [3.8, 4) is 5.75 Å². The second-order valence-electron chi connectivity index (χ2n) is 5.90. The fourth-order valence-electron chi connectivity index (χ4n) is 2.79. The number of nitrogens with one attached hydrogen (secondary N) is 2.